The van der Waals surface area contributed by atoms with E-state index in [-0.39, 0.29) is 0 Å². The second-order valence-electron chi connectivity index (χ2n) is 3.71. The third-order valence-electron chi connectivity index (χ3n) is 2.87. The fraction of sp³-hybridized carbons (Fsp3) is 0.417. The smallest absolute Gasteiger partial charge is 0.106 e. The van der Waals surface area contributed by atoms with E-state index < -0.39 is 0 Å². The van der Waals surface area contributed by atoms with E-state index in [1.54, 1.807) is 7.11 Å². The minimum absolute atomic E-state index is 0.464. The first kappa shape index (κ1) is 9.25. The fourth-order valence-electron chi connectivity index (χ4n) is 2.20. The zero-order valence-corrected chi connectivity index (χ0v) is 8.66. The van der Waals surface area contributed by atoms with Gasteiger partial charge in [0.15, 0.2) is 0 Å². The Balaban J connectivity index is 2.30. The first-order valence-corrected chi connectivity index (χ1v) is 4.98. The first-order chi connectivity index (χ1) is 6.83. The van der Waals surface area contributed by atoms with E-state index in [9.17, 15) is 0 Å². The van der Waals surface area contributed by atoms with Crippen LogP contribution in [0, 0.1) is 0 Å². The maximum atomic E-state index is 4.82. The minimum atomic E-state index is 0.464. The number of rotatable bonds is 2. The van der Waals surface area contributed by atoms with Crippen LogP contribution in [-0.2, 0) is 11.3 Å². The molecular weight excluding hydrogens is 174 g/mol. The number of fused-ring (bicyclic) bond motifs is 1. The quantitative estimate of drug-likeness (QED) is 0.518. The Morgan fingerprint density at radius 1 is 1.43 bits per heavy atom. The molecule has 1 aliphatic rings. The zero-order chi connectivity index (χ0) is 9.97. The summed E-state index contributed by atoms with van der Waals surface area (Å²) in [6, 6.07) is 8.60. The molecule has 1 aromatic rings. The van der Waals surface area contributed by atoms with E-state index in [1.165, 1.54) is 11.1 Å². The predicted octanol–water partition coefficient (Wildman–Crippen LogP) is 2.74. The molecule has 0 fully saturated rings. The van der Waals surface area contributed by atoms with Crippen molar-refractivity contribution in [3.63, 3.8) is 0 Å². The Kier molecular flexibility index (Phi) is 2.53. The van der Waals surface area contributed by atoms with Crippen LogP contribution in [-0.4, -0.2) is 12.8 Å². The molecule has 1 atom stereocenters. The Hall–Kier alpha value is -1.31. The summed E-state index contributed by atoms with van der Waals surface area (Å²) in [7, 11) is 1.60. The molecule has 0 heterocycles. The number of benzene rings is 1. The summed E-state index contributed by atoms with van der Waals surface area (Å²) >= 11 is 0. The topological polar surface area (TPSA) is 21.6 Å². The van der Waals surface area contributed by atoms with Crippen molar-refractivity contribution >= 4 is 5.71 Å². The largest absolute Gasteiger partial charge is 0.399 e. The van der Waals surface area contributed by atoms with Crippen molar-refractivity contribution in [3.05, 3.63) is 35.4 Å². The average molecular weight is 189 g/mol. The minimum Gasteiger partial charge on any atom is -0.399 e. The van der Waals surface area contributed by atoms with Gasteiger partial charge in [-0.15, -0.1) is 0 Å². The van der Waals surface area contributed by atoms with Crippen LogP contribution >= 0.6 is 0 Å². The van der Waals surface area contributed by atoms with Crippen molar-refractivity contribution in [3.8, 4) is 0 Å². The summed E-state index contributed by atoms with van der Waals surface area (Å²) in [6.07, 6.45) is 2.33. The van der Waals surface area contributed by atoms with Crippen LogP contribution in [0.3, 0.4) is 0 Å². The van der Waals surface area contributed by atoms with Crippen LogP contribution in [0.5, 0.6) is 0 Å². The summed E-state index contributed by atoms with van der Waals surface area (Å²) in [5.41, 5.74) is 3.96. The molecular formula is C12H15NO. The van der Waals surface area contributed by atoms with Crippen molar-refractivity contribution in [2.75, 3.05) is 7.11 Å². The van der Waals surface area contributed by atoms with Gasteiger partial charge < -0.3 is 4.84 Å². The number of nitrogens with zero attached hydrogens (tertiary/aromatic N) is 1. The lowest BCUT2D eigenvalue weighted by Crippen LogP contribution is -2.05. The molecule has 2 rings (SSSR count). The van der Waals surface area contributed by atoms with Crippen LogP contribution in [0.2, 0.25) is 0 Å². The predicted molar refractivity (Wildman–Crippen MR) is 57.6 cm³/mol. The van der Waals surface area contributed by atoms with E-state index in [4.69, 9.17) is 4.84 Å². The van der Waals surface area contributed by atoms with Gasteiger partial charge in [-0.2, -0.15) is 0 Å². The summed E-state index contributed by atoms with van der Waals surface area (Å²) in [5, 5.41) is 4.02. The Bertz CT molecular complexity index is 357. The van der Waals surface area contributed by atoms with Crippen LogP contribution < -0.4 is 0 Å². The fourth-order valence-corrected chi connectivity index (χ4v) is 2.20. The summed E-state index contributed by atoms with van der Waals surface area (Å²) in [5.74, 6) is 0.464. The van der Waals surface area contributed by atoms with Crippen LogP contribution in [0.25, 0.3) is 0 Å². The van der Waals surface area contributed by atoms with Crippen molar-refractivity contribution < 1.29 is 4.84 Å². The summed E-state index contributed by atoms with van der Waals surface area (Å²) < 4.78 is 0. The zero-order valence-electron chi connectivity index (χ0n) is 8.66. The molecule has 1 aliphatic carbocycles. The molecule has 0 bridgehead atoms. The molecule has 0 amide bonds. The molecule has 14 heavy (non-hydrogen) atoms. The Morgan fingerprint density at radius 2 is 2.21 bits per heavy atom. The number of hydrogen-bond donors (Lipinski definition) is 0. The highest BCUT2D eigenvalue weighted by Gasteiger charge is 2.24. The molecule has 74 valence electrons. The van der Waals surface area contributed by atoms with Gasteiger partial charge in [0.05, 0.1) is 5.71 Å². The van der Waals surface area contributed by atoms with Gasteiger partial charge in [-0.3, -0.25) is 0 Å². The van der Waals surface area contributed by atoms with E-state index in [2.05, 4.69) is 29.4 Å². The maximum absolute atomic E-state index is 4.82. The first-order valence-electron chi connectivity index (χ1n) is 4.98. The maximum Gasteiger partial charge on any atom is 0.106 e. The van der Waals surface area contributed by atoms with Gasteiger partial charge in [-0.25, -0.2) is 0 Å². The van der Waals surface area contributed by atoms with Gasteiger partial charge in [0.1, 0.15) is 7.11 Å². The normalized spacial score (nSPS) is 20.7. The van der Waals surface area contributed by atoms with E-state index in [1.807, 2.05) is 6.92 Å². The lowest BCUT2D eigenvalue weighted by Gasteiger charge is -2.09. The summed E-state index contributed by atoms with van der Waals surface area (Å²) in [6.45, 7) is 2.04. The highest BCUT2D eigenvalue weighted by atomic mass is 16.6. The molecule has 0 N–H and O–H groups in total. The average Bonchev–Trinajstić information content (AvgIpc) is 2.61. The summed E-state index contributed by atoms with van der Waals surface area (Å²) in [4.78, 5) is 4.82. The third kappa shape index (κ3) is 1.52. The standard InChI is InChI=1S/C12H15NO/c1-9(13-14-2)11-8-7-10-5-3-4-6-12(10)11/h3-6,11H,7-8H2,1-2H3. The highest BCUT2D eigenvalue weighted by molar-refractivity contribution is 5.89. The molecule has 0 aliphatic heterocycles. The third-order valence-corrected chi connectivity index (χ3v) is 2.87. The van der Waals surface area contributed by atoms with Gasteiger partial charge in [0.2, 0.25) is 0 Å². The van der Waals surface area contributed by atoms with Crippen molar-refractivity contribution in [2.45, 2.75) is 25.7 Å². The van der Waals surface area contributed by atoms with Crippen LogP contribution in [0.4, 0.5) is 0 Å². The number of aryl methyl sites for hydroxylation is 1. The molecule has 2 nitrogen and oxygen atoms in total. The Morgan fingerprint density at radius 3 is 3.00 bits per heavy atom. The number of oxime groups is 1. The van der Waals surface area contributed by atoms with Gasteiger partial charge in [-0.05, 0) is 30.9 Å². The molecule has 1 unspecified atom stereocenters. The van der Waals surface area contributed by atoms with E-state index in [0.717, 1.165) is 18.6 Å². The van der Waals surface area contributed by atoms with Crippen LogP contribution in [0.15, 0.2) is 29.4 Å². The second kappa shape index (κ2) is 3.82. The lowest BCUT2D eigenvalue weighted by atomic mass is 9.97. The molecule has 2 heteroatoms. The monoisotopic (exact) mass is 189 g/mol. The number of hydrogen-bond acceptors (Lipinski definition) is 2. The molecule has 0 spiro atoms. The molecule has 0 aromatic heterocycles. The van der Waals surface area contributed by atoms with Crippen molar-refractivity contribution in [1.82, 2.24) is 0 Å². The lowest BCUT2D eigenvalue weighted by molar-refractivity contribution is 0.212. The van der Waals surface area contributed by atoms with Gasteiger partial charge in [0, 0.05) is 5.92 Å². The van der Waals surface area contributed by atoms with Crippen molar-refractivity contribution in [1.29, 1.82) is 0 Å². The molecule has 0 saturated heterocycles. The van der Waals surface area contributed by atoms with Crippen molar-refractivity contribution in [2.24, 2.45) is 5.16 Å². The molecule has 0 saturated carbocycles. The van der Waals surface area contributed by atoms with Gasteiger partial charge >= 0.3 is 0 Å². The van der Waals surface area contributed by atoms with Crippen LogP contribution in [0.1, 0.15) is 30.4 Å². The van der Waals surface area contributed by atoms with E-state index >= 15 is 0 Å². The molecule has 1 aromatic carbocycles. The van der Waals surface area contributed by atoms with Gasteiger partial charge in [-0.1, -0.05) is 29.4 Å². The van der Waals surface area contributed by atoms with Gasteiger partial charge in [0.25, 0.3) is 0 Å². The molecule has 0 radical (unpaired) electrons. The SMILES string of the molecule is CON=C(C)C1CCc2ccccc21. The highest BCUT2D eigenvalue weighted by Crippen LogP contribution is 2.33. The van der Waals surface area contributed by atoms with E-state index in [0.29, 0.717) is 5.92 Å². The second-order valence-corrected chi connectivity index (χ2v) is 3.71. The Labute approximate surface area is 84.6 Å².